The van der Waals surface area contributed by atoms with Gasteiger partial charge in [0.15, 0.2) is 0 Å². The van der Waals surface area contributed by atoms with Gasteiger partial charge in [0.25, 0.3) is 0 Å². The summed E-state index contributed by atoms with van der Waals surface area (Å²) in [5.41, 5.74) is 0. The highest BCUT2D eigenvalue weighted by atomic mass is 35.5. The summed E-state index contributed by atoms with van der Waals surface area (Å²) in [4.78, 5) is 1.25. The lowest BCUT2D eigenvalue weighted by Crippen LogP contribution is -2.04. The number of hydrogen-bond acceptors (Lipinski definition) is 3. The second kappa shape index (κ2) is 5.41. The van der Waals surface area contributed by atoms with Crippen LogP contribution in [-0.2, 0) is 6.54 Å². The van der Waals surface area contributed by atoms with Crippen molar-refractivity contribution in [2.45, 2.75) is 6.54 Å². The van der Waals surface area contributed by atoms with Crippen LogP contribution in [0, 0.1) is 0 Å². The molecule has 11 heavy (non-hydrogen) atoms. The summed E-state index contributed by atoms with van der Waals surface area (Å²) in [5.74, 6) is 0.986. The van der Waals surface area contributed by atoms with Crippen molar-refractivity contribution in [2.75, 3.05) is 14.2 Å². The number of halogens is 1. The van der Waals surface area contributed by atoms with Crippen molar-refractivity contribution in [3.05, 3.63) is 16.3 Å². The molecule has 0 spiro atoms. The third kappa shape index (κ3) is 2.69. The monoisotopic (exact) mass is 193 g/mol. The lowest BCUT2D eigenvalue weighted by Gasteiger charge is -1.99. The molecule has 0 amide bonds. The highest BCUT2D eigenvalue weighted by Gasteiger charge is 2.00. The van der Waals surface area contributed by atoms with E-state index in [1.165, 1.54) is 4.88 Å². The minimum Gasteiger partial charge on any atom is -0.496 e. The predicted molar refractivity (Wildman–Crippen MR) is 50.9 cm³/mol. The van der Waals surface area contributed by atoms with Crippen molar-refractivity contribution < 1.29 is 4.74 Å². The largest absolute Gasteiger partial charge is 0.496 e. The standard InChI is InChI=1S/C7H11NOS.ClH/c1-8-5-7-6(9-2)3-4-10-7;/h3-4,8H,5H2,1-2H3;1H. The zero-order chi connectivity index (χ0) is 7.40. The van der Waals surface area contributed by atoms with Crippen LogP contribution >= 0.6 is 23.7 Å². The molecule has 0 aliphatic heterocycles. The van der Waals surface area contributed by atoms with Gasteiger partial charge in [-0.25, -0.2) is 0 Å². The van der Waals surface area contributed by atoms with Crippen molar-refractivity contribution in [1.82, 2.24) is 5.32 Å². The number of thiophene rings is 1. The Morgan fingerprint density at radius 2 is 2.36 bits per heavy atom. The smallest absolute Gasteiger partial charge is 0.134 e. The maximum Gasteiger partial charge on any atom is 0.134 e. The fourth-order valence-electron chi connectivity index (χ4n) is 0.800. The van der Waals surface area contributed by atoms with Crippen LogP contribution < -0.4 is 10.1 Å². The van der Waals surface area contributed by atoms with Crippen LogP contribution in [0.5, 0.6) is 5.75 Å². The van der Waals surface area contributed by atoms with Gasteiger partial charge in [-0.2, -0.15) is 0 Å². The Labute approximate surface area is 77.0 Å². The van der Waals surface area contributed by atoms with Crippen LogP contribution in [0.1, 0.15) is 4.88 Å². The maximum atomic E-state index is 5.11. The van der Waals surface area contributed by atoms with E-state index in [2.05, 4.69) is 5.32 Å². The first-order valence-corrected chi connectivity index (χ1v) is 4.01. The van der Waals surface area contributed by atoms with Gasteiger partial charge >= 0.3 is 0 Å². The van der Waals surface area contributed by atoms with E-state index in [-0.39, 0.29) is 12.4 Å². The fourth-order valence-corrected chi connectivity index (χ4v) is 1.65. The molecule has 2 nitrogen and oxygen atoms in total. The molecular formula is C7H12ClNOS. The first kappa shape index (κ1) is 10.8. The first-order valence-electron chi connectivity index (χ1n) is 3.13. The average Bonchev–Trinajstić information content (AvgIpc) is 2.36. The molecule has 0 atom stereocenters. The van der Waals surface area contributed by atoms with Crippen molar-refractivity contribution in [3.63, 3.8) is 0 Å². The number of methoxy groups -OCH3 is 1. The van der Waals surface area contributed by atoms with Gasteiger partial charge < -0.3 is 10.1 Å². The number of hydrogen-bond donors (Lipinski definition) is 1. The Kier molecular flexibility index (Phi) is 5.28. The van der Waals surface area contributed by atoms with E-state index in [1.54, 1.807) is 18.4 Å². The zero-order valence-corrected chi connectivity index (χ0v) is 8.22. The molecule has 0 aliphatic rings. The molecule has 1 aromatic heterocycles. The molecule has 0 bridgehead atoms. The van der Waals surface area contributed by atoms with Crippen LogP contribution in [0.15, 0.2) is 11.4 Å². The summed E-state index contributed by atoms with van der Waals surface area (Å²) in [5, 5.41) is 5.11. The SMILES string of the molecule is CNCc1sccc1OC.Cl. The molecule has 0 saturated carbocycles. The molecule has 1 aromatic rings. The molecule has 1 rings (SSSR count). The van der Waals surface area contributed by atoms with Gasteiger partial charge in [0, 0.05) is 6.54 Å². The number of rotatable bonds is 3. The lowest BCUT2D eigenvalue weighted by atomic mass is 10.4. The van der Waals surface area contributed by atoms with Crippen LogP contribution in [0.3, 0.4) is 0 Å². The molecule has 0 aliphatic carbocycles. The van der Waals surface area contributed by atoms with E-state index in [4.69, 9.17) is 4.74 Å². The normalized spacial score (nSPS) is 8.91. The second-order valence-corrected chi connectivity index (χ2v) is 2.94. The maximum absolute atomic E-state index is 5.11. The van der Waals surface area contributed by atoms with E-state index >= 15 is 0 Å². The van der Waals surface area contributed by atoms with Gasteiger partial charge in [-0.05, 0) is 18.5 Å². The molecule has 1 N–H and O–H groups in total. The van der Waals surface area contributed by atoms with Gasteiger partial charge in [0.1, 0.15) is 5.75 Å². The molecule has 1 heterocycles. The number of nitrogens with one attached hydrogen (secondary N) is 1. The average molecular weight is 194 g/mol. The van der Waals surface area contributed by atoms with Crippen molar-refractivity contribution in [2.24, 2.45) is 0 Å². The van der Waals surface area contributed by atoms with E-state index in [9.17, 15) is 0 Å². The molecule has 0 unspecified atom stereocenters. The van der Waals surface area contributed by atoms with Crippen LogP contribution in [0.2, 0.25) is 0 Å². The third-order valence-electron chi connectivity index (χ3n) is 1.26. The molecule has 0 aromatic carbocycles. The molecule has 0 saturated heterocycles. The molecule has 4 heteroatoms. The topological polar surface area (TPSA) is 21.3 Å². The minimum atomic E-state index is 0. The summed E-state index contributed by atoms with van der Waals surface area (Å²) < 4.78 is 5.11. The molecule has 0 radical (unpaired) electrons. The van der Waals surface area contributed by atoms with Crippen molar-refractivity contribution in [1.29, 1.82) is 0 Å². The summed E-state index contributed by atoms with van der Waals surface area (Å²) in [6, 6.07) is 1.98. The van der Waals surface area contributed by atoms with Gasteiger partial charge in [0.05, 0.1) is 12.0 Å². The Balaban J connectivity index is 0.000001000. The highest BCUT2D eigenvalue weighted by molar-refractivity contribution is 7.10. The van der Waals surface area contributed by atoms with Crippen molar-refractivity contribution in [3.8, 4) is 5.75 Å². The predicted octanol–water partition coefficient (Wildman–Crippen LogP) is 1.90. The zero-order valence-electron chi connectivity index (χ0n) is 6.59. The third-order valence-corrected chi connectivity index (χ3v) is 2.16. The summed E-state index contributed by atoms with van der Waals surface area (Å²) in [7, 11) is 3.63. The van der Waals surface area contributed by atoms with Crippen molar-refractivity contribution >= 4 is 23.7 Å². The second-order valence-electron chi connectivity index (χ2n) is 1.94. The van der Waals surface area contributed by atoms with Gasteiger partial charge in [-0.15, -0.1) is 23.7 Å². The van der Waals surface area contributed by atoms with E-state index in [0.29, 0.717) is 0 Å². The number of ether oxygens (including phenoxy) is 1. The lowest BCUT2D eigenvalue weighted by molar-refractivity contribution is 0.411. The summed E-state index contributed by atoms with van der Waals surface area (Å²) >= 11 is 1.71. The Morgan fingerprint density at radius 1 is 1.64 bits per heavy atom. The Bertz CT molecular complexity index is 202. The fraction of sp³-hybridized carbons (Fsp3) is 0.429. The van der Waals surface area contributed by atoms with Crippen LogP contribution in [-0.4, -0.2) is 14.2 Å². The summed E-state index contributed by atoms with van der Waals surface area (Å²) in [6.07, 6.45) is 0. The van der Waals surface area contributed by atoms with Gasteiger partial charge in [-0.1, -0.05) is 0 Å². The molecular weight excluding hydrogens is 182 g/mol. The minimum absolute atomic E-state index is 0. The quantitative estimate of drug-likeness (QED) is 0.792. The Hall–Kier alpha value is -0.250. The first-order chi connectivity index (χ1) is 4.88. The molecule has 64 valence electrons. The van der Waals surface area contributed by atoms with Crippen LogP contribution in [0.4, 0.5) is 0 Å². The van der Waals surface area contributed by atoms with E-state index in [1.807, 2.05) is 18.5 Å². The van der Waals surface area contributed by atoms with E-state index < -0.39 is 0 Å². The highest BCUT2D eigenvalue weighted by Crippen LogP contribution is 2.23. The Morgan fingerprint density at radius 3 is 2.91 bits per heavy atom. The molecule has 0 fully saturated rings. The van der Waals surface area contributed by atoms with Gasteiger partial charge in [0.2, 0.25) is 0 Å². The van der Waals surface area contributed by atoms with Gasteiger partial charge in [-0.3, -0.25) is 0 Å². The summed E-state index contributed by atoms with van der Waals surface area (Å²) in [6.45, 7) is 0.890. The van der Waals surface area contributed by atoms with Crippen LogP contribution in [0.25, 0.3) is 0 Å². The van der Waals surface area contributed by atoms with E-state index in [0.717, 1.165) is 12.3 Å².